The zero-order chi connectivity index (χ0) is 12.8. The molecule has 0 heterocycles. The molecule has 5 heteroatoms. The van der Waals surface area contributed by atoms with Crippen LogP contribution in [0, 0.1) is 0 Å². The molecule has 0 saturated heterocycles. The number of hydrogen-bond acceptors (Lipinski definition) is 3. The lowest BCUT2D eigenvalue weighted by molar-refractivity contribution is -0.141. The molecule has 5 nitrogen and oxygen atoms in total. The van der Waals surface area contributed by atoms with Gasteiger partial charge in [0.2, 0.25) is 5.91 Å². The molecule has 1 amide bonds. The van der Waals surface area contributed by atoms with Crippen molar-refractivity contribution in [3.8, 4) is 0 Å². The third-order valence-corrected chi connectivity index (χ3v) is 2.05. The van der Waals surface area contributed by atoms with Crippen molar-refractivity contribution in [1.82, 2.24) is 10.6 Å². The summed E-state index contributed by atoms with van der Waals surface area (Å²) in [7, 11) is 0. The number of hydrogen-bond donors (Lipinski definition) is 3. The SMILES string of the molecule is CCC(NC(=O)CCNC(C)(C)C)C(=O)O. The summed E-state index contributed by atoms with van der Waals surface area (Å²) in [6, 6.07) is -0.776. The monoisotopic (exact) mass is 230 g/mol. The van der Waals surface area contributed by atoms with Crippen molar-refractivity contribution in [2.24, 2.45) is 0 Å². The smallest absolute Gasteiger partial charge is 0.326 e. The van der Waals surface area contributed by atoms with Crippen LogP contribution >= 0.6 is 0 Å². The third-order valence-electron chi connectivity index (χ3n) is 2.05. The van der Waals surface area contributed by atoms with Crippen molar-refractivity contribution in [2.45, 2.75) is 52.1 Å². The van der Waals surface area contributed by atoms with Gasteiger partial charge in [-0.2, -0.15) is 0 Å². The summed E-state index contributed by atoms with van der Waals surface area (Å²) in [5.41, 5.74) is -0.0305. The second kappa shape index (κ2) is 6.48. The Labute approximate surface area is 96.6 Å². The van der Waals surface area contributed by atoms with Crippen LogP contribution in [0.4, 0.5) is 0 Å². The van der Waals surface area contributed by atoms with Crippen LogP contribution in [0.25, 0.3) is 0 Å². The van der Waals surface area contributed by atoms with Gasteiger partial charge in [0.1, 0.15) is 6.04 Å². The average Bonchev–Trinajstić information content (AvgIpc) is 2.11. The predicted molar refractivity (Wildman–Crippen MR) is 62.2 cm³/mol. The summed E-state index contributed by atoms with van der Waals surface area (Å²) in [6.45, 7) is 8.31. The first-order chi connectivity index (χ1) is 7.26. The zero-order valence-electron chi connectivity index (χ0n) is 10.5. The fourth-order valence-corrected chi connectivity index (χ4v) is 1.16. The minimum Gasteiger partial charge on any atom is -0.480 e. The number of nitrogens with one attached hydrogen (secondary N) is 2. The Kier molecular flexibility index (Phi) is 6.03. The molecular weight excluding hydrogens is 208 g/mol. The van der Waals surface area contributed by atoms with E-state index < -0.39 is 12.0 Å². The normalized spacial score (nSPS) is 13.2. The predicted octanol–water partition coefficient (Wildman–Crippen LogP) is 0.744. The van der Waals surface area contributed by atoms with E-state index in [-0.39, 0.29) is 11.4 Å². The summed E-state index contributed by atoms with van der Waals surface area (Å²) in [6.07, 6.45) is 0.689. The van der Waals surface area contributed by atoms with Crippen LogP contribution in [0.5, 0.6) is 0 Å². The summed E-state index contributed by atoms with van der Waals surface area (Å²) in [5.74, 6) is -1.22. The molecule has 0 radical (unpaired) electrons. The van der Waals surface area contributed by atoms with Gasteiger partial charge in [0.25, 0.3) is 0 Å². The maximum atomic E-state index is 11.4. The minimum atomic E-state index is -0.986. The van der Waals surface area contributed by atoms with Crippen LogP contribution in [0.15, 0.2) is 0 Å². The average molecular weight is 230 g/mol. The second-order valence-corrected chi connectivity index (χ2v) is 4.79. The molecule has 0 aliphatic carbocycles. The molecule has 94 valence electrons. The van der Waals surface area contributed by atoms with Gasteiger partial charge >= 0.3 is 5.97 Å². The van der Waals surface area contributed by atoms with E-state index in [4.69, 9.17) is 5.11 Å². The third kappa shape index (κ3) is 7.23. The van der Waals surface area contributed by atoms with Crippen molar-refractivity contribution in [1.29, 1.82) is 0 Å². The van der Waals surface area contributed by atoms with Gasteiger partial charge in [0.05, 0.1) is 0 Å². The molecule has 3 N–H and O–H groups in total. The maximum absolute atomic E-state index is 11.4. The van der Waals surface area contributed by atoms with Crippen molar-refractivity contribution in [2.75, 3.05) is 6.54 Å². The molecule has 0 aliphatic rings. The first-order valence-corrected chi connectivity index (χ1v) is 5.53. The Bertz CT molecular complexity index is 246. The van der Waals surface area contributed by atoms with Gasteiger partial charge in [-0.25, -0.2) is 4.79 Å². The highest BCUT2D eigenvalue weighted by molar-refractivity contribution is 5.83. The Morgan fingerprint density at radius 1 is 1.31 bits per heavy atom. The number of carboxylic acids is 1. The van der Waals surface area contributed by atoms with Crippen LogP contribution < -0.4 is 10.6 Å². The molecule has 0 bridgehead atoms. The maximum Gasteiger partial charge on any atom is 0.326 e. The lowest BCUT2D eigenvalue weighted by Gasteiger charge is -2.20. The summed E-state index contributed by atoms with van der Waals surface area (Å²) < 4.78 is 0. The van der Waals surface area contributed by atoms with Gasteiger partial charge in [0, 0.05) is 18.5 Å². The van der Waals surface area contributed by atoms with E-state index >= 15 is 0 Å². The molecule has 0 fully saturated rings. The van der Waals surface area contributed by atoms with Gasteiger partial charge in [0.15, 0.2) is 0 Å². The zero-order valence-corrected chi connectivity index (χ0v) is 10.5. The van der Waals surface area contributed by atoms with Crippen LogP contribution in [0.3, 0.4) is 0 Å². The van der Waals surface area contributed by atoms with E-state index in [0.717, 1.165) is 0 Å². The lowest BCUT2D eigenvalue weighted by Crippen LogP contribution is -2.43. The molecule has 16 heavy (non-hydrogen) atoms. The molecule has 0 aliphatic heterocycles. The number of carbonyl (C=O) groups excluding carboxylic acids is 1. The quantitative estimate of drug-likeness (QED) is 0.629. The summed E-state index contributed by atoms with van der Waals surface area (Å²) in [4.78, 5) is 22.1. The van der Waals surface area contributed by atoms with Crippen LogP contribution in [0.2, 0.25) is 0 Å². The summed E-state index contributed by atoms with van der Waals surface area (Å²) >= 11 is 0. The Balaban J connectivity index is 3.86. The minimum absolute atomic E-state index is 0.0305. The van der Waals surface area contributed by atoms with Crippen LogP contribution in [-0.4, -0.2) is 35.1 Å². The summed E-state index contributed by atoms with van der Waals surface area (Å²) in [5, 5.41) is 14.4. The highest BCUT2D eigenvalue weighted by Crippen LogP contribution is 1.98. The number of rotatable bonds is 6. The number of amides is 1. The van der Waals surface area contributed by atoms with Crippen LogP contribution in [-0.2, 0) is 9.59 Å². The van der Waals surface area contributed by atoms with Gasteiger partial charge in [-0.1, -0.05) is 6.92 Å². The molecular formula is C11H22N2O3. The Morgan fingerprint density at radius 2 is 1.88 bits per heavy atom. The second-order valence-electron chi connectivity index (χ2n) is 4.79. The highest BCUT2D eigenvalue weighted by atomic mass is 16.4. The van der Waals surface area contributed by atoms with E-state index in [9.17, 15) is 9.59 Å². The highest BCUT2D eigenvalue weighted by Gasteiger charge is 2.17. The van der Waals surface area contributed by atoms with Crippen LogP contribution in [0.1, 0.15) is 40.5 Å². The largest absolute Gasteiger partial charge is 0.480 e. The van der Waals surface area contributed by atoms with Crippen molar-refractivity contribution in [3.05, 3.63) is 0 Å². The first kappa shape index (κ1) is 14.9. The molecule has 1 atom stereocenters. The number of carboxylic acid groups (broad SMARTS) is 1. The fraction of sp³-hybridized carbons (Fsp3) is 0.818. The van der Waals surface area contributed by atoms with E-state index in [1.807, 2.05) is 20.8 Å². The van der Waals surface area contributed by atoms with E-state index in [1.54, 1.807) is 6.92 Å². The van der Waals surface area contributed by atoms with Crippen molar-refractivity contribution >= 4 is 11.9 Å². The van der Waals surface area contributed by atoms with E-state index in [0.29, 0.717) is 19.4 Å². The topological polar surface area (TPSA) is 78.4 Å². The first-order valence-electron chi connectivity index (χ1n) is 5.53. The standard InChI is InChI=1S/C11H22N2O3/c1-5-8(10(15)16)13-9(14)6-7-12-11(2,3)4/h8,12H,5-7H2,1-4H3,(H,13,14)(H,15,16). The molecule has 0 saturated carbocycles. The van der Waals surface area contributed by atoms with Gasteiger partial charge in [-0.05, 0) is 27.2 Å². The fourth-order valence-electron chi connectivity index (χ4n) is 1.16. The molecule has 1 unspecified atom stereocenters. The van der Waals surface area contributed by atoms with Gasteiger partial charge < -0.3 is 15.7 Å². The molecule has 0 aromatic carbocycles. The number of aliphatic carboxylic acids is 1. The van der Waals surface area contributed by atoms with E-state index in [1.165, 1.54) is 0 Å². The van der Waals surface area contributed by atoms with Crippen molar-refractivity contribution < 1.29 is 14.7 Å². The number of carbonyl (C=O) groups is 2. The molecule has 0 spiro atoms. The Morgan fingerprint density at radius 3 is 2.25 bits per heavy atom. The molecule has 0 aromatic heterocycles. The Hall–Kier alpha value is -1.10. The molecule has 0 rings (SSSR count). The van der Waals surface area contributed by atoms with E-state index in [2.05, 4.69) is 10.6 Å². The molecule has 0 aromatic rings. The van der Waals surface area contributed by atoms with Gasteiger partial charge in [-0.15, -0.1) is 0 Å². The lowest BCUT2D eigenvalue weighted by atomic mass is 10.1. The van der Waals surface area contributed by atoms with Crippen molar-refractivity contribution in [3.63, 3.8) is 0 Å². The van der Waals surface area contributed by atoms with Gasteiger partial charge in [-0.3, -0.25) is 4.79 Å².